The van der Waals surface area contributed by atoms with Gasteiger partial charge in [0.2, 0.25) is 0 Å². The number of amides is 3. The van der Waals surface area contributed by atoms with Gasteiger partial charge in [-0.05, 0) is 42.1 Å². The van der Waals surface area contributed by atoms with Gasteiger partial charge in [0.1, 0.15) is 32.9 Å². The van der Waals surface area contributed by atoms with Gasteiger partial charge >= 0.3 is 11.5 Å². The fraction of sp³-hybridized carbons (Fsp3) is 0.263. The van der Waals surface area contributed by atoms with Crippen molar-refractivity contribution in [1.82, 2.24) is 4.90 Å². The Bertz CT molecular complexity index is 1150. The van der Waals surface area contributed by atoms with Gasteiger partial charge in [-0.2, -0.15) is 13.2 Å². The normalized spacial score (nSPS) is 11.9. The number of imide groups is 1. The highest BCUT2D eigenvalue weighted by Gasteiger charge is 2.33. The van der Waals surface area contributed by atoms with Crippen LogP contribution in [0.3, 0.4) is 0 Å². The van der Waals surface area contributed by atoms with Crippen LogP contribution in [0.25, 0.3) is 0 Å². The molecule has 33 heavy (non-hydrogen) atoms. The molecule has 180 valence electrons. The molecule has 2 aromatic rings. The predicted molar refractivity (Wildman–Crippen MR) is 109 cm³/mol. The molecule has 0 spiro atoms. The van der Waals surface area contributed by atoms with E-state index in [4.69, 9.17) is 0 Å². The SMILES string of the molecule is CN(C(=O)N(CCS(C)(=O)=O)C(=O)c1c(F)cccc1F)c1ccc(SC(F)(F)F)cc1F. The number of hydrogen-bond donors (Lipinski definition) is 0. The second kappa shape index (κ2) is 10.0. The third kappa shape index (κ3) is 7.12. The van der Waals surface area contributed by atoms with Gasteiger partial charge in [0.15, 0.2) is 0 Å². The molecule has 0 radical (unpaired) electrons. The van der Waals surface area contributed by atoms with E-state index in [1.807, 2.05) is 0 Å². The third-order valence-electron chi connectivity index (χ3n) is 4.14. The minimum atomic E-state index is -4.69. The lowest BCUT2D eigenvalue weighted by molar-refractivity contribution is -0.0328. The highest BCUT2D eigenvalue weighted by atomic mass is 32.2. The molecule has 14 heteroatoms. The molecule has 2 aromatic carbocycles. The number of benzene rings is 2. The maximum atomic E-state index is 14.4. The van der Waals surface area contributed by atoms with Gasteiger partial charge in [0.25, 0.3) is 5.91 Å². The number of hydrogen-bond acceptors (Lipinski definition) is 5. The van der Waals surface area contributed by atoms with Crippen LogP contribution in [-0.4, -0.2) is 56.4 Å². The van der Waals surface area contributed by atoms with E-state index in [1.165, 1.54) is 0 Å². The average Bonchev–Trinajstić information content (AvgIpc) is 2.65. The molecular weight excluding hydrogens is 498 g/mol. The van der Waals surface area contributed by atoms with Gasteiger partial charge in [-0.25, -0.2) is 26.4 Å². The summed E-state index contributed by atoms with van der Waals surface area (Å²) < 4.78 is 103. The Hall–Kier alpha value is -2.74. The van der Waals surface area contributed by atoms with Crippen LogP contribution < -0.4 is 4.90 Å². The van der Waals surface area contributed by atoms with Gasteiger partial charge in [-0.3, -0.25) is 14.6 Å². The Morgan fingerprint density at radius 2 is 1.58 bits per heavy atom. The summed E-state index contributed by atoms with van der Waals surface area (Å²) in [4.78, 5) is 25.9. The van der Waals surface area contributed by atoms with Crippen molar-refractivity contribution in [2.45, 2.75) is 10.4 Å². The van der Waals surface area contributed by atoms with Crippen molar-refractivity contribution in [2.75, 3.05) is 30.5 Å². The number of carbonyl (C=O) groups is 2. The van der Waals surface area contributed by atoms with Gasteiger partial charge in [-0.1, -0.05) is 6.07 Å². The van der Waals surface area contributed by atoms with E-state index >= 15 is 0 Å². The molecule has 0 bridgehead atoms. The van der Waals surface area contributed by atoms with Crippen LogP contribution in [0.1, 0.15) is 10.4 Å². The zero-order valence-corrected chi connectivity index (χ0v) is 18.6. The van der Waals surface area contributed by atoms with Gasteiger partial charge in [0.05, 0.1) is 11.4 Å². The van der Waals surface area contributed by atoms with E-state index in [0.717, 1.165) is 43.6 Å². The Kier molecular flexibility index (Phi) is 8.06. The summed E-state index contributed by atoms with van der Waals surface area (Å²) in [6.07, 6.45) is 0.796. The standard InChI is InChI=1S/C19H16F6N2O4S2/c1-26(15-7-6-11(10-14(15)22)32-19(23,24)25)18(29)27(8-9-33(2,30)31)17(28)16-12(20)4-3-5-13(16)21/h3-7,10H,8-9H2,1-2H3. The van der Waals surface area contributed by atoms with Crippen LogP contribution in [0.5, 0.6) is 0 Å². The first kappa shape index (κ1) is 26.5. The molecule has 0 unspecified atom stereocenters. The number of nitrogens with zero attached hydrogens (tertiary/aromatic N) is 2. The van der Waals surface area contributed by atoms with Crippen molar-refractivity contribution in [1.29, 1.82) is 0 Å². The largest absolute Gasteiger partial charge is 0.446 e. The van der Waals surface area contributed by atoms with Crippen LogP contribution in [0.15, 0.2) is 41.3 Å². The van der Waals surface area contributed by atoms with Crippen molar-refractivity contribution in [3.05, 3.63) is 59.4 Å². The van der Waals surface area contributed by atoms with E-state index in [2.05, 4.69) is 0 Å². The molecule has 0 fully saturated rings. The highest BCUT2D eigenvalue weighted by Crippen LogP contribution is 2.38. The fourth-order valence-corrected chi connectivity index (χ4v) is 3.70. The van der Waals surface area contributed by atoms with Crippen molar-refractivity contribution in [2.24, 2.45) is 0 Å². The molecule has 0 aromatic heterocycles. The number of urea groups is 1. The zero-order chi connectivity index (χ0) is 25.1. The monoisotopic (exact) mass is 514 g/mol. The lowest BCUT2D eigenvalue weighted by atomic mass is 10.1. The van der Waals surface area contributed by atoms with Crippen molar-refractivity contribution in [3.63, 3.8) is 0 Å². The van der Waals surface area contributed by atoms with Crippen molar-refractivity contribution >= 4 is 39.2 Å². The van der Waals surface area contributed by atoms with Gasteiger partial charge in [-0.15, -0.1) is 0 Å². The number of anilines is 1. The van der Waals surface area contributed by atoms with E-state index in [0.29, 0.717) is 11.0 Å². The summed E-state index contributed by atoms with van der Waals surface area (Å²) in [5, 5.41) is 0. The number of sulfone groups is 1. The summed E-state index contributed by atoms with van der Waals surface area (Å²) in [6.45, 7) is -0.821. The van der Waals surface area contributed by atoms with E-state index in [-0.39, 0.29) is 4.90 Å². The Morgan fingerprint density at radius 3 is 2.06 bits per heavy atom. The molecular formula is C19H16F6N2O4S2. The molecule has 0 saturated carbocycles. The number of alkyl halides is 3. The first-order valence-electron chi connectivity index (χ1n) is 8.87. The molecule has 0 aliphatic carbocycles. The zero-order valence-electron chi connectivity index (χ0n) is 17.0. The van der Waals surface area contributed by atoms with Crippen LogP contribution >= 0.6 is 11.8 Å². The molecule has 3 amide bonds. The topological polar surface area (TPSA) is 74.8 Å². The smallest absolute Gasteiger partial charge is 0.294 e. The van der Waals surface area contributed by atoms with Gasteiger partial charge in [0, 0.05) is 24.7 Å². The van der Waals surface area contributed by atoms with Gasteiger partial charge < -0.3 is 0 Å². The number of thioether (sulfide) groups is 1. The Labute approximate surface area is 189 Å². The molecule has 0 aliphatic rings. The summed E-state index contributed by atoms with van der Waals surface area (Å²) >= 11 is -0.592. The number of rotatable bonds is 6. The molecule has 0 saturated heterocycles. The second-order valence-corrected chi connectivity index (χ2v) is 10.1. The summed E-state index contributed by atoms with van der Waals surface area (Å²) in [5.41, 5.74) is -6.38. The van der Waals surface area contributed by atoms with E-state index in [1.54, 1.807) is 0 Å². The van der Waals surface area contributed by atoms with E-state index in [9.17, 15) is 44.3 Å². The van der Waals surface area contributed by atoms with Crippen LogP contribution in [0, 0.1) is 17.5 Å². The molecule has 0 atom stereocenters. The minimum absolute atomic E-state index is 0.209. The lowest BCUT2D eigenvalue weighted by Crippen LogP contribution is -2.47. The number of carbonyl (C=O) groups excluding carboxylic acids is 2. The molecule has 0 heterocycles. The first-order chi connectivity index (χ1) is 15.1. The number of halogens is 6. The van der Waals surface area contributed by atoms with Crippen LogP contribution in [0.4, 0.5) is 36.8 Å². The average molecular weight is 514 g/mol. The first-order valence-corrected chi connectivity index (χ1v) is 11.7. The maximum Gasteiger partial charge on any atom is 0.446 e. The van der Waals surface area contributed by atoms with Crippen molar-refractivity contribution in [3.8, 4) is 0 Å². The highest BCUT2D eigenvalue weighted by molar-refractivity contribution is 8.00. The summed E-state index contributed by atoms with van der Waals surface area (Å²) in [6, 6.07) is 3.32. The maximum absolute atomic E-state index is 14.4. The van der Waals surface area contributed by atoms with Crippen molar-refractivity contribution < 1.29 is 44.3 Å². The molecule has 0 N–H and O–H groups in total. The summed E-state index contributed by atoms with van der Waals surface area (Å²) in [5.74, 6) is -6.18. The molecule has 2 rings (SSSR count). The predicted octanol–water partition coefficient (Wildman–Crippen LogP) is 4.46. The lowest BCUT2D eigenvalue weighted by Gasteiger charge is -2.27. The fourth-order valence-electron chi connectivity index (χ4n) is 2.62. The molecule has 6 nitrogen and oxygen atoms in total. The van der Waals surface area contributed by atoms with Crippen LogP contribution in [-0.2, 0) is 9.84 Å². The van der Waals surface area contributed by atoms with Crippen LogP contribution in [0.2, 0.25) is 0 Å². The quantitative estimate of drug-likeness (QED) is 0.421. The molecule has 0 aliphatic heterocycles. The minimum Gasteiger partial charge on any atom is -0.294 e. The second-order valence-electron chi connectivity index (χ2n) is 6.69. The summed E-state index contributed by atoms with van der Waals surface area (Å²) in [7, 11) is -2.79. The third-order valence-corrected chi connectivity index (χ3v) is 5.78. The van der Waals surface area contributed by atoms with E-state index < -0.39 is 84.9 Å². The Balaban J connectivity index is 2.42. The Morgan fingerprint density at radius 1 is 1.00 bits per heavy atom.